The number of carbonyl (C=O) groups is 2. The Morgan fingerprint density at radius 3 is 2.79 bits per heavy atom. The minimum atomic E-state index is -0.595. The lowest BCUT2D eigenvalue weighted by molar-refractivity contribution is -0.135. The minimum Gasteiger partial charge on any atom is -0.491 e. The number of carbonyl (C=O) groups excluding carboxylic acids is 2. The first kappa shape index (κ1) is 26.4. The third-order valence-electron chi connectivity index (χ3n) is 7.31. The smallest absolute Gasteiger partial charge is 0.257 e. The Bertz CT molecular complexity index is 1300. The first-order chi connectivity index (χ1) is 18.4. The summed E-state index contributed by atoms with van der Waals surface area (Å²) in [5, 5.41) is 2.05. The molecule has 2 atom stereocenters. The lowest BCUT2D eigenvalue weighted by Gasteiger charge is -2.37. The molecule has 1 saturated heterocycles. The Labute approximate surface area is 227 Å². The predicted molar refractivity (Wildman–Crippen MR) is 145 cm³/mol. The molecule has 2 aliphatic heterocycles. The van der Waals surface area contributed by atoms with Crippen molar-refractivity contribution in [3.05, 3.63) is 86.9 Å². The van der Waals surface area contributed by atoms with Crippen molar-refractivity contribution in [3.63, 3.8) is 0 Å². The van der Waals surface area contributed by atoms with Crippen LogP contribution in [0, 0.1) is 19.7 Å². The number of thiophene rings is 1. The van der Waals surface area contributed by atoms with Crippen LogP contribution in [-0.4, -0.2) is 60.6 Å². The summed E-state index contributed by atoms with van der Waals surface area (Å²) in [6, 6.07) is 13.7. The topological polar surface area (TPSA) is 59.1 Å². The van der Waals surface area contributed by atoms with Crippen LogP contribution in [0.5, 0.6) is 5.75 Å². The maximum Gasteiger partial charge on any atom is 0.257 e. The van der Waals surface area contributed by atoms with Crippen LogP contribution in [0.1, 0.15) is 50.8 Å². The van der Waals surface area contributed by atoms with Gasteiger partial charge < -0.3 is 19.3 Å². The van der Waals surface area contributed by atoms with E-state index in [1.54, 1.807) is 23.5 Å². The van der Waals surface area contributed by atoms with Crippen molar-refractivity contribution in [1.29, 1.82) is 0 Å². The van der Waals surface area contributed by atoms with Crippen LogP contribution in [0.15, 0.2) is 53.9 Å². The number of ether oxygens (including phenoxy) is 2. The van der Waals surface area contributed by atoms with E-state index in [-0.39, 0.29) is 36.7 Å². The van der Waals surface area contributed by atoms with Gasteiger partial charge in [-0.2, -0.15) is 0 Å². The van der Waals surface area contributed by atoms with Crippen molar-refractivity contribution in [1.82, 2.24) is 9.80 Å². The molecule has 0 spiro atoms. The molecule has 0 N–H and O–H groups in total. The Kier molecular flexibility index (Phi) is 8.09. The zero-order valence-electron chi connectivity index (χ0n) is 21.8. The number of nitrogens with zero attached hydrogens (tertiary/aromatic N) is 2. The summed E-state index contributed by atoms with van der Waals surface area (Å²) in [5.41, 5.74) is 3.26. The molecule has 0 aliphatic carbocycles. The number of rotatable bonds is 8. The monoisotopic (exact) mass is 536 g/mol. The molecule has 0 saturated carbocycles. The van der Waals surface area contributed by atoms with Crippen molar-refractivity contribution in [3.8, 4) is 5.75 Å². The fourth-order valence-electron chi connectivity index (χ4n) is 5.32. The van der Waals surface area contributed by atoms with E-state index in [1.165, 1.54) is 21.9 Å². The second kappa shape index (κ2) is 11.7. The Morgan fingerprint density at radius 2 is 2.03 bits per heavy atom. The van der Waals surface area contributed by atoms with E-state index in [2.05, 4.69) is 12.1 Å². The molecule has 2 unspecified atom stereocenters. The third-order valence-corrected chi connectivity index (χ3v) is 8.30. The molecule has 6 nitrogen and oxygen atoms in total. The summed E-state index contributed by atoms with van der Waals surface area (Å²) in [6.45, 7) is 5.64. The largest absolute Gasteiger partial charge is 0.491 e. The molecule has 8 heteroatoms. The molecule has 1 aromatic heterocycles. The first-order valence-corrected chi connectivity index (χ1v) is 14.0. The highest BCUT2D eigenvalue weighted by molar-refractivity contribution is 7.10. The first-order valence-electron chi connectivity index (χ1n) is 13.1. The zero-order valence-corrected chi connectivity index (χ0v) is 22.6. The molecule has 1 fully saturated rings. The molecule has 0 radical (unpaired) electrons. The highest BCUT2D eigenvalue weighted by atomic mass is 32.1. The van der Waals surface area contributed by atoms with Gasteiger partial charge in [0.05, 0.1) is 17.7 Å². The highest BCUT2D eigenvalue weighted by Gasteiger charge is 2.35. The molecule has 3 heterocycles. The van der Waals surface area contributed by atoms with Crippen molar-refractivity contribution in [2.24, 2.45) is 0 Å². The van der Waals surface area contributed by atoms with Gasteiger partial charge >= 0.3 is 0 Å². The van der Waals surface area contributed by atoms with Gasteiger partial charge in [0.2, 0.25) is 5.91 Å². The number of aryl methyl sites for hydroxylation is 2. The van der Waals surface area contributed by atoms with E-state index >= 15 is 0 Å². The Hall–Kier alpha value is -3.23. The number of benzene rings is 2. The fraction of sp³-hybridized carbons (Fsp3) is 0.400. The van der Waals surface area contributed by atoms with E-state index in [9.17, 15) is 14.0 Å². The average Bonchev–Trinajstić information content (AvgIpc) is 3.60. The second-order valence-corrected chi connectivity index (χ2v) is 11.0. The van der Waals surface area contributed by atoms with Crippen molar-refractivity contribution in [2.45, 2.75) is 45.3 Å². The Balaban J connectivity index is 1.37. The SMILES string of the molecule is Cc1ccc(OCC2c3ccsc3CCN2C(=O)CN(CC2CCCO2)C(=O)c2ccccc2F)c(C)c1. The quantitative estimate of drug-likeness (QED) is 0.391. The second-order valence-electron chi connectivity index (χ2n) is 10.0. The van der Waals surface area contributed by atoms with Crippen LogP contribution in [-0.2, 0) is 16.0 Å². The molecular formula is C30H33FN2O4S. The van der Waals surface area contributed by atoms with Crippen molar-refractivity contribution >= 4 is 23.2 Å². The van der Waals surface area contributed by atoms with Gasteiger partial charge in [0.1, 0.15) is 24.7 Å². The number of amides is 2. The van der Waals surface area contributed by atoms with Crippen LogP contribution in [0.3, 0.4) is 0 Å². The van der Waals surface area contributed by atoms with Gasteiger partial charge in [-0.15, -0.1) is 11.3 Å². The highest BCUT2D eigenvalue weighted by Crippen LogP contribution is 2.34. The summed E-state index contributed by atoms with van der Waals surface area (Å²) in [6.07, 6.45) is 2.31. The zero-order chi connectivity index (χ0) is 26.6. The predicted octanol–water partition coefficient (Wildman–Crippen LogP) is 5.33. The number of halogens is 1. The molecule has 2 aliphatic rings. The standard InChI is InChI=1S/C30H33FN2O4S/c1-20-9-10-27(21(2)16-20)37-19-26-24-12-15-38-28(24)11-13-33(26)29(34)18-32(17-22-6-5-14-36-22)30(35)23-7-3-4-8-25(23)31/h3-4,7-10,12,15-16,22,26H,5-6,11,13-14,17-19H2,1-2H3. The molecule has 2 amide bonds. The van der Waals surface area contributed by atoms with E-state index in [1.807, 2.05) is 36.3 Å². The average molecular weight is 537 g/mol. The van der Waals surface area contributed by atoms with Crippen LogP contribution < -0.4 is 4.74 Å². The lowest BCUT2D eigenvalue weighted by Crippen LogP contribution is -2.49. The minimum absolute atomic E-state index is 0.0354. The molecule has 38 heavy (non-hydrogen) atoms. The van der Waals surface area contributed by atoms with Gasteiger partial charge in [-0.25, -0.2) is 4.39 Å². The summed E-state index contributed by atoms with van der Waals surface area (Å²) in [5.74, 6) is -0.481. The van der Waals surface area contributed by atoms with Gasteiger partial charge in [-0.3, -0.25) is 9.59 Å². The number of hydrogen-bond donors (Lipinski definition) is 0. The molecular weight excluding hydrogens is 503 g/mol. The third kappa shape index (κ3) is 5.76. The normalized spacial score (nSPS) is 18.8. The maximum atomic E-state index is 14.5. The van der Waals surface area contributed by atoms with Gasteiger partial charge in [0, 0.05) is 24.6 Å². The maximum absolute atomic E-state index is 14.5. The van der Waals surface area contributed by atoms with Gasteiger partial charge in [-0.1, -0.05) is 29.8 Å². The van der Waals surface area contributed by atoms with E-state index < -0.39 is 11.7 Å². The summed E-state index contributed by atoms with van der Waals surface area (Å²) < 4.78 is 26.5. The van der Waals surface area contributed by atoms with E-state index in [0.717, 1.165) is 41.7 Å². The molecule has 0 bridgehead atoms. The lowest BCUT2D eigenvalue weighted by atomic mass is 10.00. The number of fused-ring (bicyclic) bond motifs is 1. The summed E-state index contributed by atoms with van der Waals surface area (Å²) in [7, 11) is 0. The number of hydrogen-bond acceptors (Lipinski definition) is 5. The van der Waals surface area contributed by atoms with Crippen LogP contribution in [0.4, 0.5) is 4.39 Å². The molecule has 2 aromatic carbocycles. The van der Waals surface area contributed by atoms with Crippen molar-refractivity contribution < 1.29 is 23.5 Å². The van der Waals surface area contributed by atoms with Gasteiger partial charge in [-0.05, 0) is 73.9 Å². The van der Waals surface area contributed by atoms with Gasteiger partial charge in [0.15, 0.2) is 0 Å². The molecule has 3 aromatic rings. The van der Waals surface area contributed by atoms with E-state index in [4.69, 9.17) is 9.47 Å². The van der Waals surface area contributed by atoms with Crippen LogP contribution in [0.2, 0.25) is 0 Å². The molecule has 5 rings (SSSR count). The van der Waals surface area contributed by atoms with E-state index in [0.29, 0.717) is 19.8 Å². The van der Waals surface area contributed by atoms with Gasteiger partial charge in [0.25, 0.3) is 5.91 Å². The molecule has 200 valence electrons. The summed E-state index contributed by atoms with van der Waals surface area (Å²) >= 11 is 1.69. The Morgan fingerprint density at radius 1 is 1.18 bits per heavy atom. The van der Waals surface area contributed by atoms with Crippen molar-refractivity contribution in [2.75, 3.05) is 32.8 Å². The van der Waals surface area contributed by atoms with Crippen LogP contribution >= 0.6 is 11.3 Å². The van der Waals surface area contributed by atoms with Crippen LogP contribution in [0.25, 0.3) is 0 Å². The summed E-state index contributed by atoms with van der Waals surface area (Å²) in [4.78, 5) is 31.7. The fourth-order valence-corrected chi connectivity index (χ4v) is 6.25.